The van der Waals surface area contributed by atoms with Crippen molar-refractivity contribution < 1.29 is 14.0 Å². The molecule has 148 valence electrons. The number of nitrogens with one attached hydrogen (secondary N) is 1. The Morgan fingerprint density at radius 1 is 1.03 bits per heavy atom. The molecule has 4 rings (SSSR count). The number of benzene rings is 2. The predicted molar refractivity (Wildman–Crippen MR) is 109 cm³/mol. The number of hydrogen-bond acceptors (Lipinski definition) is 4. The van der Waals surface area contributed by atoms with E-state index in [2.05, 4.69) is 5.32 Å². The molecule has 0 spiro atoms. The van der Waals surface area contributed by atoms with Crippen molar-refractivity contribution in [1.82, 2.24) is 10.2 Å². The molecule has 0 aliphatic carbocycles. The van der Waals surface area contributed by atoms with E-state index in [9.17, 15) is 14.4 Å². The number of carbonyl (C=O) groups is 2. The van der Waals surface area contributed by atoms with Gasteiger partial charge in [0.25, 0.3) is 5.91 Å². The lowest BCUT2D eigenvalue weighted by atomic mass is 9.93. The fourth-order valence-electron chi connectivity index (χ4n) is 3.74. The van der Waals surface area contributed by atoms with Gasteiger partial charge < -0.3 is 9.73 Å². The third-order valence-corrected chi connectivity index (χ3v) is 5.42. The second-order valence-corrected chi connectivity index (χ2v) is 7.73. The van der Waals surface area contributed by atoms with Crippen molar-refractivity contribution in [3.05, 3.63) is 81.7 Å². The molecule has 2 heterocycles. The van der Waals surface area contributed by atoms with Crippen LogP contribution in [0.15, 0.2) is 63.8 Å². The summed E-state index contributed by atoms with van der Waals surface area (Å²) in [4.78, 5) is 38.8. The zero-order chi connectivity index (χ0) is 20.6. The summed E-state index contributed by atoms with van der Waals surface area (Å²) in [5.74, 6) is -0.285. The zero-order valence-corrected chi connectivity index (χ0v) is 16.4. The van der Waals surface area contributed by atoms with E-state index >= 15 is 0 Å². The van der Waals surface area contributed by atoms with Gasteiger partial charge in [0, 0.05) is 11.5 Å². The first-order chi connectivity index (χ1) is 13.9. The monoisotopic (exact) mass is 390 g/mol. The van der Waals surface area contributed by atoms with Crippen LogP contribution < -0.4 is 10.9 Å². The van der Waals surface area contributed by atoms with E-state index in [0.717, 1.165) is 11.1 Å². The van der Waals surface area contributed by atoms with Crippen molar-refractivity contribution in [2.45, 2.75) is 38.8 Å². The summed E-state index contributed by atoms with van der Waals surface area (Å²) in [5.41, 5.74) is 1.63. The van der Waals surface area contributed by atoms with E-state index in [1.807, 2.05) is 49.4 Å². The van der Waals surface area contributed by atoms with Crippen molar-refractivity contribution in [3.63, 3.8) is 0 Å². The number of rotatable bonds is 5. The van der Waals surface area contributed by atoms with E-state index in [1.54, 1.807) is 13.0 Å². The lowest BCUT2D eigenvalue weighted by Gasteiger charge is -2.22. The molecule has 3 amide bonds. The number of urea groups is 1. The van der Waals surface area contributed by atoms with Gasteiger partial charge in [-0.1, -0.05) is 42.5 Å². The van der Waals surface area contributed by atoms with Gasteiger partial charge in [0.2, 0.25) is 0 Å². The minimum Gasteiger partial charge on any atom is -0.423 e. The Balaban J connectivity index is 1.58. The number of imide groups is 1. The summed E-state index contributed by atoms with van der Waals surface area (Å²) in [7, 11) is 0. The van der Waals surface area contributed by atoms with Gasteiger partial charge in [-0.15, -0.1) is 0 Å². The second-order valence-electron chi connectivity index (χ2n) is 7.73. The fraction of sp³-hybridized carbons (Fsp3) is 0.261. The smallest absolute Gasteiger partial charge is 0.336 e. The Morgan fingerprint density at radius 3 is 2.55 bits per heavy atom. The summed E-state index contributed by atoms with van der Waals surface area (Å²) in [6, 6.07) is 16.3. The average molecular weight is 390 g/mol. The van der Waals surface area contributed by atoms with Crippen LogP contribution in [0.3, 0.4) is 0 Å². The molecule has 3 aromatic rings. The molecule has 1 aliphatic rings. The Kier molecular flexibility index (Phi) is 4.70. The third kappa shape index (κ3) is 3.66. The topological polar surface area (TPSA) is 79.6 Å². The van der Waals surface area contributed by atoms with Crippen molar-refractivity contribution >= 4 is 22.9 Å². The van der Waals surface area contributed by atoms with Gasteiger partial charge in [-0.25, -0.2) is 9.59 Å². The summed E-state index contributed by atoms with van der Waals surface area (Å²) < 4.78 is 5.27. The van der Waals surface area contributed by atoms with E-state index in [0.29, 0.717) is 29.4 Å². The molecule has 2 aromatic carbocycles. The highest BCUT2D eigenvalue weighted by atomic mass is 16.4. The van der Waals surface area contributed by atoms with Crippen LogP contribution in [0.4, 0.5) is 4.79 Å². The van der Waals surface area contributed by atoms with Crippen LogP contribution in [0, 0.1) is 6.92 Å². The lowest BCUT2D eigenvalue weighted by Crippen LogP contribution is -2.44. The van der Waals surface area contributed by atoms with E-state index in [-0.39, 0.29) is 12.5 Å². The minimum atomic E-state index is -0.973. The number of nitrogens with zero attached hydrogens (tertiary/aromatic N) is 1. The number of aryl methyl sites for hydroxylation is 2. The van der Waals surface area contributed by atoms with Crippen LogP contribution in [-0.4, -0.2) is 22.4 Å². The van der Waals surface area contributed by atoms with Gasteiger partial charge in [-0.3, -0.25) is 9.69 Å². The molecule has 1 aromatic heterocycles. The van der Waals surface area contributed by atoms with E-state index in [4.69, 9.17) is 4.42 Å². The van der Waals surface area contributed by atoms with Gasteiger partial charge >= 0.3 is 11.7 Å². The fourth-order valence-corrected chi connectivity index (χ4v) is 3.74. The molecule has 6 nitrogen and oxygen atoms in total. The highest BCUT2D eigenvalue weighted by Gasteiger charge is 2.47. The molecular weight excluding hydrogens is 368 g/mol. The lowest BCUT2D eigenvalue weighted by molar-refractivity contribution is -0.131. The summed E-state index contributed by atoms with van der Waals surface area (Å²) in [6.07, 6.45) is 1.17. The Bertz CT molecular complexity index is 1150. The molecule has 1 saturated heterocycles. The maximum atomic E-state index is 13.1. The normalized spacial score (nSPS) is 19.0. The van der Waals surface area contributed by atoms with Crippen LogP contribution in [0.2, 0.25) is 0 Å². The van der Waals surface area contributed by atoms with Crippen LogP contribution >= 0.6 is 0 Å². The van der Waals surface area contributed by atoms with Gasteiger partial charge in [0.05, 0.1) is 6.54 Å². The zero-order valence-electron chi connectivity index (χ0n) is 16.4. The molecule has 1 aliphatic heterocycles. The van der Waals surface area contributed by atoms with E-state index in [1.165, 1.54) is 11.0 Å². The van der Waals surface area contributed by atoms with Crippen LogP contribution in [0.5, 0.6) is 0 Å². The summed E-state index contributed by atoms with van der Waals surface area (Å²) in [6.45, 7) is 3.68. The molecule has 0 radical (unpaired) electrons. The van der Waals surface area contributed by atoms with Crippen LogP contribution in [0.25, 0.3) is 11.0 Å². The molecule has 0 saturated carbocycles. The summed E-state index contributed by atoms with van der Waals surface area (Å²) >= 11 is 0. The maximum absolute atomic E-state index is 13.1. The largest absolute Gasteiger partial charge is 0.423 e. The first-order valence-electron chi connectivity index (χ1n) is 9.57. The predicted octanol–water partition coefficient (Wildman–Crippen LogP) is 3.54. The quantitative estimate of drug-likeness (QED) is 0.534. The van der Waals surface area contributed by atoms with Crippen molar-refractivity contribution in [2.75, 3.05) is 0 Å². The molecular formula is C23H22N2O4. The first-order valence-corrected chi connectivity index (χ1v) is 9.57. The van der Waals surface area contributed by atoms with Crippen LogP contribution in [0.1, 0.15) is 30.0 Å². The second kappa shape index (κ2) is 7.20. The maximum Gasteiger partial charge on any atom is 0.336 e. The standard InChI is InChI=1S/C23H22N2O4/c1-15-8-9-18-17(13-20(26)29-19(18)12-15)14-25-21(27)23(2,24-22(25)28)11-10-16-6-4-3-5-7-16/h3-9,12-13H,10-11,14H2,1-2H3,(H,24,28)/t23-/m0/s1. The van der Waals surface area contributed by atoms with E-state index < -0.39 is 17.2 Å². The molecule has 1 atom stereocenters. The molecule has 0 bridgehead atoms. The minimum absolute atomic E-state index is 0.0246. The third-order valence-electron chi connectivity index (χ3n) is 5.42. The Morgan fingerprint density at radius 2 is 1.79 bits per heavy atom. The van der Waals surface area contributed by atoms with Gasteiger partial charge in [-0.2, -0.15) is 0 Å². The van der Waals surface area contributed by atoms with Crippen molar-refractivity contribution in [2.24, 2.45) is 0 Å². The first kappa shape index (κ1) is 18.9. The SMILES string of the molecule is Cc1ccc2c(CN3C(=O)N[C@@](C)(CCc4ccccc4)C3=O)cc(=O)oc2c1. The average Bonchev–Trinajstić information content (AvgIpc) is 2.90. The number of carbonyl (C=O) groups excluding carboxylic acids is 2. The van der Waals surface area contributed by atoms with Gasteiger partial charge in [-0.05, 0) is 49.4 Å². The highest BCUT2D eigenvalue weighted by Crippen LogP contribution is 2.27. The molecule has 0 unspecified atom stereocenters. The van der Waals surface area contributed by atoms with Gasteiger partial charge in [0.1, 0.15) is 11.1 Å². The van der Waals surface area contributed by atoms with Crippen LogP contribution in [-0.2, 0) is 17.8 Å². The molecule has 6 heteroatoms. The summed E-state index contributed by atoms with van der Waals surface area (Å²) in [5, 5.41) is 3.54. The molecule has 1 N–H and O–H groups in total. The Labute approximate surface area is 168 Å². The number of hydrogen-bond donors (Lipinski definition) is 1. The molecule has 1 fully saturated rings. The Hall–Kier alpha value is -3.41. The number of amides is 3. The van der Waals surface area contributed by atoms with Crippen molar-refractivity contribution in [3.8, 4) is 0 Å². The van der Waals surface area contributed by atoms with Gasteiger partial charge in [0.15, 0.2) is 0 Å². The highest BCUT2D eigenvalue weighted by molar-refractivity contribution is 6.06. The molecule has 29 heavy (non-hydrogen) atoms. The van der Waals surface area contributed by atoms with Crippen molar-refractivity contribution in [1.29, 1.82) is 0 Å². The number of fused-ring (bicyclic) bond motifs is 1.